The Labute approximate surface area is 108 Å². The first-order chi connectivity index (χ1) is 8.19. The molecule has 1 aliphatic carbocycles. The molecular weight excluding hydrogens is 232 g/mol. The highest BCUT2D eigenvalue weighted by atomic mass is 35.5. The zero-order chi connectivity index (χ0) is 12.3. The Morgan fingerprint density at radius 3 is 2.65 bits per heavy atom. The lowest BCUT2D eigenvalue weighted by Gasteiger charge is -2.28. The summed E-state index contributed by atoms with van der Waals surface area (Å²) in [4.78, 5) is 0. The molecule has 0 amide bonds. The number of benzene rings is 1. The summed E-state index contributed by atoms with van der Waals surface area (Å²) in [6, 6.07) is 8.06. The second kappa shape index (κ2) is 5.42. The van der Waals surface area contributed by atoms with Gasteiger partial charge in [0.15, 0.2) is 0 Å². The Bertz CT molecular complexity index is 428. The van der Waals surface area contributed by atoms with Gasteiger partial charge in [0.1, 0.15) is 6.07 Å². The minimum absolute atomic E-state index is 0.483. The molecule has 90 valence electrons. The molecule has 1 aromatic carbocycles. The summed E-state index contributed by atoms with van der Waals surface area (Å²) < 4.78 is 0. The molecule has 0 radical (unpaired) electrons. The molecule has 3 heteroatoms. The summed E-state index contributed by atoms with van der Waals surface area (Å²) in [7, 11) is 0. The lowest BCUT2D eigenvalue weighted by molar-refractivity contribution is 0.361. The van der Waals surface area contributed by atoms with Gasteiger partial charge >= 0.3 is 0 Å². The number of hydrogen-bond donors (Lipinski definition) is 1. The number of hydrogen-bond acceptors (Lipinski definition) is 2. The highest BCUT2D eigenvalue weighted by molar-refractivity contribution is 6.30. The molecule has 1 aromatic rings. The molecule has 1 N–H and O–H groups in total. The van der Waals surface area contributed by atoms with Gasteiger partial charge in [-0.1, -0.05) is 18.5 Å². The molecule has 0 heterocycles. The van der Waals surface area contributed by atoms with Crippen LogP contribution in [0, 0.1) is 17.2 Å². The molecular formula is C14H17ClN2. The maximum Gasteiger partial charge on any atom is 0.101 e. The van der Waals surface area contributed by atoms with Crippen LogP contribution in [0.2, 0.25) is 5.02 Å². The lowest BCUT2D eigenvalue weighted by atomic mass is 9.87. The van der Waals surface area contributed by atoms with Gasteiger partial charge in [-0.25, -0.2) is 0 Å². The average molecular weight is 249 g/mol. The van der Waals surface area contributed by atoms with Crippen LogP contribution >= 0.6 is 11.6 Å². The van der Waals surface area contributed by atoms with E-state index in [1.807, 2.05) is 6.07 Å². The quantitative estimate of drug-likeness (QED) is 0.851. The maximum absolute atomic E-state index is 9.05. The Morgan fingerprint density at radius 1 is 1.29 bits per heavy atom. The van der Waals surface area contributed by atoms with Crippen LogP contribution in [0.15, 0.2) is 18.2 Å². The summed E-state index contributed by atoms with van der Waals surface area (Å²) in [6.07, 6.45) is 4.89. The molecule has 2 nitrogen and oxygen atoms in total. The van der Waals surface area contributed by atoms with Crippen LogP contribution in [0.4, 0.5) is 5.69 Å². The number of rotatable bonds is 2. The minimum Gasteiger partial charge on any atom is -0.381 e. The summed E-state index contributed by atoms with van der Waals surface area (Å²) >= 11 is 5.97. The van der Waals surface area contributed by atoms with Crippen molar-refractivity contribution < 1.29 is 0 Å². The van der Waals surface area contributed by atoms with Crippen LogP contribution in [0.3, 0.4) is 0 Å². The smallest absolute Gasteiger partial charge is 0.101 e. The van der Waals surface area contributed by atoms with Gasteiger partial charge in [0.2, 0.25) is 0 Å². The predicted octanol–water partition coefficient (Wildman–Crippen LogP) is 4.20. The van der Waals surface area contributed by atoms with E-state index >= 15 is 0 Å². The first kappa shape index (κ1) is 12.3. The summed E-state index contributed by atoms with van der Waals surface area (Å²) in [6.45, 7) is 2.30. The van der Waals surface area contributed by atoms with Crippen LogP contribution < -0.4 is 5.32 Å². The van der Waals surface area contributed by atoms with Gasteiger partial charge in [0, 0.05) is 11.1 Å². The summed E-state index contributed by atoms with van der Waals surface area (Å²) in [5, 5.41) is 13.2. The van der Waals surface area contributed by atoms with E-state index in [2.05, 4.69) is 18.3 Å². The average Bonchev–Trinajstić information content (AvgIpc) is 2.32. The van der Waals surface area contributed by atoms with Crippen LogP contribution in [0.25, 0.3) is 0 Å². The van der Waals surface area contributed by atoms with Crippen LogP contribution in [-0.4, -0.2) is 6.04 Å². The van der Waals surface area contributed by atoms with Crippen molar-refractivity contribution in [3.05, 3.63) is 28.8 Å². The standard InChI is InChI=1S/C14H17ClN2/c1-10-2-6-13(7-3-10)17-14-8-12(15)5-4-11(14)9-16/h4-5,8,10,13,17H,2-3,6-7H2,1H3. The summed E-state index contributed by atoms with van der Waals surface area (Å²) in [5.41, 5.74) is 1.55. The Kier molecular flexibility index (Phi) is 3.91. The van der Waals surface area contributed by atoms with E-state index in [4.69, 9.17) is 16.9 Å². The van der Waals surface area contributed by atoms with E-state index in [-0.39, 0.29) is 0 Å². The number of nitriles is 1. The van der Waals surface area contributed by atoms with E-state index in [0.717, 1.165) is 11.6 Å². The molecule has 0 atom stereocenters. The second-order valence-corrected chi connectivity index (χ2v) is 5.34. The number of halogens is 1. The molecule has 0 aromatic heterocycles. The topological polar surface area (TPSA) is 35.8 Å². The molecule has 0 bridgehead atoms. The van der Waals surface area contributed by atoms with E-state index in [1.54, 1.807) is 12.1 Å². The number of anilines is 1. The molecule has 1 saturated carbocycles. The van der Waals surface area contributed by atoms with Crippen molar-refractivity contribution in [2.24, 2.45) is 5.92 Å². The third-order valence-electron chi connectivity index (χ3n) is 3.48. The van der Waals surface area contributed by atoms with Gasteiger partial charge in [0.05, 0.1) is 11.3 Å². The normalized spacial score (nSPS) is 24.1. The molecule has 2 rings (SSSR count). The van der Waals surface area contributed by atoms with E-state index < -0.39 is 0 Å². The van der Waals surface area contributed by atoms with E-state index in [0.29, 0.717) is 16.6 Å². The molecule has 0 spiro atoms. The van der Waals surface area contributed by atoms with Gasteiger partial charge in [-0.3, -0.25) is 0 Å². The zero-order valence-corrected chi connectivity index (χ0v) is 10.8. The van der Waals surface area contributed by atoms with Crippen molar-refractivity contribution in [1.82, 2.24) is 0 Å². The van der Waals surface area contributed by atoms with E-state index in [9.17, 15) is 0 Å². The van der Waals surface area contributed by atoms with Gasteiger partial charge < -0.3 is 5.32 Å². The van der Waals surface area contributed by atoms with Crippen molar-refractivity contribution in [3.8, 4) is 6.07 Å². The van der Waals surface area contributed by atoms with Gasteiger partial charge in [0.25, 0.3) is 0 Å². The van der Waals surface area contributed by atoms with Crippen molar-refractivity contribution in [2.75, 3.05) is 5.32 Å². The van der Waals surface area contributed by atoms with Crippen LogP contribution in [0.1, 0.15) is 38.2 Å². The van der Waals surface area contributed by atoms with Gasteiger partial charge in [-0.15, -0.1) is 0 Å². The Morgan fingerprint density at radius 2 is 2.00 bits per heavy atom. The first-order valence-corrected chi connectivity index (χ1v) is 6.53. The molecule has 17 heavy (non-hydrogen) atoms. The monoisotopic (exact) mass is 248 g/mol. The molecule has 1 aliphatic rings. The van der Waals surface area contributed by atoms with Gasteiger partial charge in [-0.2, -0.15) is 5.26 Å². The minimum atomic E-state index is 0.483. The first-order valence-electron chi connectivity index (χ1n) is 6.15. The molecule has 0 saturated heterocycles. The lowest BCUT2D eigenvalue weighted by Crippen LogP contribution is -2.25. The maximum atomic E-state index is 9.05. The second-order valence-electron chi connectivity index (χ2n) is 4.90. The third kappa shape index (κ3) is 3.14. The van der Waals surface area contributed by atoms with Crippen molar-refractivity contribution in [2.45, 2.75) is 38.6 Å². The molecule has 0 aliphatic heterocycles. The third-order valence-corrected chi connectivity index (χ3v) is 3.71. The molecule has 0 unspecified atom stereocenters. The summed E-state index contributed by atoms with van der Waals surface area (Å²) in [5.74, 6) is 0.836. The number of nitrogens with zero attached hydrogens (tertiary/aromatic N) is 1. The van der Waals surface area contributed by atoms with Gasteiger partial charge in [-0.05, 0) is 49.8 Å². The van der Waals surface area contributed by atoms with Crippen molar-refractivity contribution in [3.63, 3.8) is 0 Å². The fourth-order valence-corrected chi connectivity index (χ4v) is 2.53. The van der Waals surface area contributed by atoms with Crippen molar-refractivity contribution in [1.29, 1.82) is 5.26 Å². The fraction of sp³-hybridized carbons (Fsp3) is 0.500. The molecule has 1 fully saturated rings. The van der Waals surface area contributed by atoms with Crippen molar-refractivity contribution >= 4 is 17.3 Å². The predicted molar refractivity (Wildman–Crippen MR) is 71.2 cm³/mol. The fourth-order valence-electron chi connectivity index (χ4n) is 2.36. The highest BCUT2D eigenvalue weighted by Gasteiger charge is 2.18. The highest BCUT2D eigenvalue weighted by Crippen LogP contribution is 2.28. The zero-order valence-electron chi connectivity index (χ0n) is 10.0. The van der Waals surface area contributed by atoms with Crippen LogP contribution in [0.5, 0.6) is 0 Å². The Balaban J connectivity index is 2.08. The Hall–Kier alpha value is -1.20. The van der Waals surface area contributed by atoms with Crippen LogP contribution in [-0.2, 0) is 0 Å². The SMILES string of the molecule is CC1CCC(Nc2cc(Cl)ccc2C#N)CC1. The van der Waals surface area contributed by atoms with E-state index in [1.165, 1.54) is 25.7 Å². The largest absolute Gasteiger partial charge is 0.381 e. The number of nitrogens with one attached hydrogen (secondary N) is 1.